The van der Waals surface area contributed by atoms with Gasteiger partial charge in [0.2, 0.25) is 0 Å². The summed E-state index contributed by atoms with van der Waals surface area (Å²) in [6, 6.07) is 8.82. The summed E-state index contributed by atoms with van der Waals surface area (Å²) in [5.74, 6) is 0. The summed E-state index contributed by atoms with van der Waals surface area (Å²) in [6.45, 7) is 6.00. The number of nitrogens with zero attached hydrogens (tertiary/aromatic N) is 1. The van der Waals surface area contributed by atoms with Crippen molar-refractivity contribution in [3.8, 4) is 0 Å². The smallest absolute Gasteiger partial charge is 0.0962 e. The lowest BCUT2D eigenvalue weighted by atomic mass is 9.78. The molecule has 146 valence electrons. The monoisotopic (exact) mass is 359 g/mol. The first-order valence-electron chi connectivity index (χ1n) is 10.9. The second-order valence-electron chi connectivity index (χ2n) is 8.22. The fraction of sp³-hybridized carbons (Fsp3) is 0.739. The minimum Gasteiger partial charge on any atom is -0.396 e. The van der Waals surface area contributed by atoms with Crippen LogP contribution >= 0.6 is 0 Å². The van der Waals surface area contributed by atoms with E-state index in [-0.39, 0.29) is 18.3 Å². The van der Waals surface area contributed by atoms with E-state index in [0.29, 0.717) is 0 Å². The van der Waals surface area contributed by atoms with Gasteiger partial charge in [-0.3, -0.25) is 0 Å². The topological polar surface area (TPSA) is 32.7 Å². The van der Waals surface area contributed by atoms with E-state index in [2.05, 4.69) is 36.1 Å². The lowest BCUT2D eigenvalue weighted by Gasteiger charge is -2.47. The number of likely N-dealkylation sites (tertiary alicyclic amines) is 1. The van der Waals surface area contributed by atoms with E-state index in [0.717, 1.165) is 38.8 Å². The highest BCUT2D eigenvalue weighted by atomic mass is 16.5. The van der Waals surface area contributed by atoms with Crippen molar-refractivity contribution >= 4 is 0 Å². The van der Waals surface area contributed by atoms with Gasteiger partial charge < -0.3 is 14.7 Å². The number of piperidine rings is 1. The van der Waals surface area contributed by atoms with Crippen LogP contribution in [0.3, 0.4) is 0 Å². The molecule has 2 heterocycles. The Morgan fingerprint density at radius 2 is 1.81 bits per heavy atom. The van der Waals surface area contributed by atoms with E-state index in [1.165, 1.54) is 56.2 Å². The first kappa shape index (κ1) is 19.9. The average molecular weight is 360 g/mol. The van der Waals surface area contributed by atoms with Crippen molar-refractivity contribution < 1.29 is 9.84 Å². The highest BCUT2D eigenvalue weighted by Crippen LogP contribution is 2.43. The molecule has 1 atom stereocenters. The molecule has 0 aromatic heterocycles. The van der Waals surface area contributed by atoms with Crippen LogP contribution in [0.25, 0.3) is 0 Å². The number of unbranched alkanes of at least 4 members (excludes halogenated alkanes) is 5. The van der Waals surface area contributed by atoms with Crippen molar-refractivity contribution in [1.29, 1.82) is 0 Å². The number of aliphatic hydroxyl groups is 1. The first-order valence-corrected chi connectivity index (χ1v) is 10.9. The van der Waals surface area contributed by atoms with Gasteiger partial charge in [0.1, 0.15) is 0 Å². The molecule has 0 aliphatic carbocycles. The number of rotatable bonds is 9. The minimum absolute atomic E-state index is 0.119. The molecule has 1 spiro atoms. The highest BCUT2D eigenvalue weighted by Gasteiger charge is 2.43. The maximum atomic E-state index is 9.38. The molecule has 1 N–H and O–H groups in total. The predicted molar refractivity (Wildman–Crippen MR) is 107 cm³/mol. The van der Waals surface area contributed by atoms with Gasteiger partial charge in [-0.2, -0.15) is 0 Å². The van der Waals surface area contributed by atoms with E-state index in [1.807, 2.05) is 0 Å². The Kier molecular flexibility index (Phi) is 7.53. The standard InChI is InChI=1S/C23H37NO2/c1-2-3-4-5-6-9-15-24-16-13-23(14-17-24)22-11-8-7-10-20(22)19-21(26-23)12-18-25/h7-8,10-11,21,25H,2-6,9,12-19H2,1H3/t21-/m1/s1. The van der Waals surface area contributed by atoms with Gasteiger partial charge in [-0.15, -0.1) is 0 Å². The molecule has 2 aliphatic rings. The van der Waals surface area contributed by atoms with Crippen molar-refractivity contribution in [2.45, 2.75) is 82.8 Å². The molecule has 1 aromatic rings. The summed E-state index contributed by atoms with van der Waals surface area (Å²) >= 11 is 0. The molecular formula is C23H37NO2. The summed E-state index contributed by atoms with van der Waals surface area (Å²) in [5, 5.41) is 9.38. The third-order valence-electron chi connectivity index (χ3n) is 6.29. The first-order chi connectivity index (χ1) is 12.8. The zero-order valence-corrected chi connectivity index (χ0v) is 16.6. The van der Waals surface area contributed by atoms with Crippen molar-refractivity contribution in [1.82, 2.24) is 4.90 Å². The molecule has 3 heteroatoms. The zero-order chi connectivity index (χ0) is 18.2. The summed E-state index contributed by atoms with van der Waals surface area (Å²) in [4.78, 5) is 2.63. The van der Waals surface area contributed by atoms with E-state index in [4.69, 9.17) is 4.74 Å². The third-order valence-corrected chi connectivity index (χ3v) is 6.29. The molecule has 0 saturated carbocycles. The third kappa shape index (κ3) is 4.88. The Bertz CT molecular complexity index is 537. The highest BCUT2D eigenvalue weighted by molar-refractivity contribution is 5.35. The zero-order valence-electron chi connectivity index (χ0n) is 16.6. The lowest BCUT2D eigenvalue weighted by molar-refractivity contribution is -0.144. The van der Waals surface area contributed by atoms with Gasteiger partial charge in [0.25, 0.3) is 0 Å². The summed E-state index contributed by atoms with van der Waals surface area (Å²) in [7, 11) is 0. The minimum atomic E-state index is -0.119. The Morgan fingerprint density at radius 3 is 2.58 bits per heavy atom. The number of hydrogen-bond donors (Lipinski definition) is 1. The molecule has 1 saturated heterocycles. The van der Waals surface area contributed by atoms with Crippen LogP contribution in [0, 0.1) is 0 Å². The van der Waals surface area contributed by atoms with E-state index >= 15 is 0 Å². The predicted octanol–water partition coefficient (Wildman–Crippen LogP) is 4.66. The van der Waals surface area contributed by atoms with Crippen LogP contribution in [-0.4, -0.2) is 42.4 Å². The van der Waals surface area contributed by atoms with Crippen molar-refractivity contribution in [3.63, 3.8) is 0 Å². The fourth-order valence-electron chi connectivity index (χ4n) is 4.76. The summed E-state index contributed by atoms with van der Waals surface area (Å²) in [6.07, 6.45) is 12.2. The van der Waals surface area contributed by atoms with Gasteiger partial charge in [-0.1, -0.05) is 63.3 Å². The van der Waals surface area contributed by atoms with Crippen LogP contribution in [0.15, 0.2) is 24.3 Å². The Balaban J connectivity index is 1.53. The fourth-order valence-corrected chi connectivity index (χ4v) is 4.76. The molecule has 26 heavy (non-hydrogen) atoms. The van der Waals surface area contributed by atoms with Crippen LogP contribution in [0.2, 0.25) is 0 Å². The maximum absolute atomic E-state index is 9.38. The van der Waals surface area contributed by atoms with Gasteiger partial charge >= 0.3 is 0 Å². The summed E-state index contributed by atoms with van der Waals surface area (Å²) in [5.41, 5.74) is 2.72. The molecule has 1 fully saturated rings. The van der Waals surface area contributed by atoms with E-state index in [9.17, 15) is 5.11 Å². The molecule has 2 aliphatic heterocycles. The number of hydrogen-bond acceptors (Lipinski definition) is 3. The maximum Gasteiger partial charge on any atom is 0.0962 e. The number of fused-ring (bicyclic) bond motifs is 2. The SMILES string of the molecule is CCCCCCCCN1CCC2(CC1)O[C@H](CCO)Cc1ccccc12. The quantitative estimate of drug-likeness (QED) is 0.651. The molecular weight excluding hydrogens is 322 g/mol. The molecule has 0 unspecified atom stereocenters. The van der Waals surface area contributed by atoms with Crippen LogP contribution < -0.4 is 0 Å². The Morgan fingerprint density at radius 1 is 1.08 bits per heavy atom. The van der Waals surface area contributed by atoms with Gasteiger partial charge in [-0.05, 0) is 49.8 Å². The molecule has 1 aromatic carbocycles. The molecule has 3 nitrogen and oxygen atoms in total. The van der Waals surface area contributed by atoms with Gasteiger partial charge in [0.05, 0.1) is 11.7 Å². The Labute approximate surface area is 159 Å². The van der Waals surface area contributed by atoms with Crippen molar-refractivity contribution in [2.24, 2.45) is 0 Å². The second-order valence-corrected chi connectivity index (χ2v) is 8.22. The van der Waals surface area contributed by atoms with Gasteiger partial charge in [0, 0.05) is 19.7 Å². The summed E-state index contributed by atoms with van der Waals surface area (Å²) < 4.78 is 6.61. The second kappa shape index (κ2) is 9.87. The van der Waals surface area contributed by atoms with Crippen LogP contribution in [0.1, 0.15) is 75.8 Å². The molecule has 0 bridgehead atoms. The molecule has 0 radical (unpaired) electrons. The lowest BCUT2D eigenvalue weighted by Crippen LogP contribution is -2.49. The molecule has 3 rings (SSSR count). The number of ether oxygens (including phenoxy) is 1. The van der Waals surface area contributed by atoms with Crippen molar-refractivity contribution in [2.75, 3.05) is 26.2 Å². The van der Waals surface area contributed by atoms with Crippen molar-refractivity contribution in [3.05, 3.63) is 35.4 Å². The largest absolute Gasteiger partial charge is 0.396 e. The number of aliphatic hydroxyl groups excluding tert-OH is 1. The van der Waals surface area contributed by atoms with Crippen LogP contribution in [0.5, 0.6) is 0 Å². The molecule has 0 amide bonds. The van der Waals surface area contributed by atoms with Gasteiger partial charge in [-0.25, -0.2) is 0 Å². The van der Waals surface area contributed by atoms with E-state index in [1.54, 1.807) is 0 Å². The normalized spacial score (nSPS) is 22.5. The van der Waals surface area contributed by atoms with E-state index < -0.39 is 0 Å². The van der Waals surface area contributed by atoms with Crippen LogP contribution in [0.4, 0.5) is 0 Å². The van der Waals surface area contributed by atoms with Gasteiger partial charge in [0.15, 0.2) is 0 Å². The average Bonchev–Trinajstić information content (AvgIpc) is 2.66. The Hall–Kier alpha value is -0.900. The van der Waals surface area contributed by atoms with Crippen LogP contribution in [-0.2, 0) is 16.8 Å². The number of benzene rings is 1.